The van der Waals surface area contributed by atoms with E-state index in [9.17, 15) is 9.59 Å². The second kappa shape index (κ2) is 8.94. The van der Waals surface area contributed by atoms with E-state index >= 15 is 0 Å². The zero-order valence-corrected chi connectivity index (χ0v) is 20.3. The Kier molecular flexibility index (Phi) is 6.27. The predicted molar refractivity (Wildman–Crippen MR) is 125 cm³/mol. The van der Waals surface area contributed by atoms with Crippen LogP contribution in [0, 0.1) is 0 Å². The first kappa shape index (κ1) is 21.7. The van der Waals surface area contributed by atoms with Gasteiger partial charge in [-0.05, 0) is 49.6 Å². The Balaban J connectivity index is 1.96. The number of rotatable bonds is 5. The maximum atomic E-state index is 13.5. The fourth-order valence-electron chi connectivity index (χ4n) is 3.47. The van der Waals surface area contributed by atoms with Crippen LogP contribution in [0.2, 0.25) is 0 Å². The lowest BCUT2D eigenvalue weighted by atomic mass is 10.0. The molecule has 0 bridgehead atoms. The summed E-state index contributed by atoms with van der Waals surface area (Å²) in [5.41, 5.74) is 1.52. The van der Waals surface area contributed by atoms with Crippen molar-refractivity contribution in [1.29, 1.82) is 0 Å². The summed E-state index contributed by atoms with van der Waals surface area (Å²) in [6.07, 6.45) is 1.79. The van der Waals surface area contributed by atoms with Gasteiger partial charge < -0.3 is 9.47 Å². The van der Waals surface area contributed by atoms with Gasteiger partial charge in [-0.25, -0.2) is 9.79 Å². The average molecular weight is 519 g/mol. The molecule has 1 aliphatic heterocycles. The minimum atomic E-state index is -0.568. The van der Waals surface area contributed by atoms with Gasteiger partial charge in [-0.15, -0.1) is 11.3 Å². The van der Waals surface area contributed by atoms with Crippen molar-refractivity contribution in [2.45, 2.75) is 19.9 Å². The molecule has 0 fully saturated rings. The highest BCUT2D eigenvalue weighted by molar-refractivity contribution is 9.10. The van der Waals surface area contributed by atoms with E-state index in [1.165, 1.54) is 22.7 Å². The number of fused-ring (bicyclic) bond motifs is 1. The first-order valence-electron chi connectivity index (χ1n) is 9.51. The molecule has 1 aliphatic rings. The number of methoxy groups -OCH3 is 1. The van der Waals surface area contributed by atoms with Crippen LogP contribution in [0.1, 0.15) is 30.3 Å². The van der Waals surface area contributed by atoms with Gasteiger partial charge in [0.05, 0.1) is 29.5 Å². The van der Waals surface area contributed by atoms with Crippen molar-refractivity contribution in [3.8, 4) is 5.75 Å². The number of carbonyl (C=O) groups excluding carboxylic acids is 1. The predicted octanol–water partition coefficient (Wildman–Crippen LogP) is 3.63. The molecule has 9 heteroatoms. The number of aromatic nitrogens is 1. The number of ether oxygens (including phenoxy) is 2. The van der Waals surface area contributed by atoms with Gasteiger partial charge in [-0.3, -0.25) is 9.36 Å². The SMILES string of the molecule is CCOC(=O)C1=C(C)N=c2s/c(=C/c3cc(Br)ccc3OC)c(=O)n2[C@@H]1c1cccs1. The van der Waals surface area contributed by atoms with E-state index in [1.54, 1.807) is 31.6 Å². The number of esters is 1. The Morgan fingerprint density at radius 2 is 2.16 bits per heavy atom. The van der Waals surface area contributed by atoms with E-state index in [0.29, 0.717) is 26.4 Å². The smallest absolute Gasteiger partial charge is 0.338 e. The lowest BCUT2D eigenvalue weighted by Gasteiger charge is -2.23. The summed E-state index contributed by atoms with van der Waals surface area (Å²) in [6.45, 7) is 3.79. The quantitative estimate of drug-likeness (QED) is 0.483. The highest BCUT2D eigenvalue weighted by atomic mass is 79.9. The molecule has 0 spiro atoms. The molecule has 0 saturated heterocycles. The van der Waals surface area contributed by atoms with Crippen molar-refractivity contribution in [1.82, 2.24) is 4.57 Å². The number of benzene rings is 1. The molecule has 0 unspecified atom stereocenters. The number of halogens is 1. The molecule has 0 saturated carbocycles. The van der Waals surface area contributed by atoms with Crippen molar-refractivity contribution in [3.63, 3.8) is 0 Å². The Hall–Kier alpha value is -2.49. The van der Waals surface area contributed by atoms with Crippen LogP contribution >= 0.6 is 38.6 Å². The molecule has 0 radical (unpaired) electrons. The van der Waals surface area contributed by atoms with Crippen LogP contribution in [-0.4, -0.2) is 24.3 Å². The fraction of sp³-hybridized carbons (Fsp3) is 0.227. The Morgan fingerprint density at radius 3 is 2.84 bits per heavy atom. The largest absolute Gasteiger partial charge is 0.496 e. The highest BCUT2D eigenvalue weighted by Gasteiger charge is 2.33. The number of hydrogen-bond acceptors (Lipinski definition) is 7. The lowest BCUT2D eigenvalue weighted by Crippen LogP contribution is -2.39. The van der Waals surface area contributed by atoms with E-state index in [0.717, 1.165) is 14.9 Å². The van der Waals surface area contributed by atoms with E-state index in [4.69, 9.17) is 9.47 Å². The molecule has 1 aromatic carbocycles. The molecule has 0 amide bonds. The molecule has 3 heterocycles. The number of carbonyl (C=O) groups is 1. The Morgan fingerprint density at radius 1 is 1.35 bits per heavy atom. The van der Waals surface area contributed by atoms with Gasteiger partial charge >= 0.3 is 5.97 Å². The first-order valence-corrected chi connectivity index (χ1v) is 12.0. The molecule has 2 aromatic heterocycles. The van der Waals surface area contributed by atoms with Gasteiger partial charge in [0.1, 0.15) is 11.8 Å². The summed E-state index contributed by atoms with van der Waals surface area (Å²) in [5, 5.41) is 1.93. The molecular weight excluding hydrogens is 500 g/mol. The summed E-state index contributed by atoms with van der Waals surface area (Å²) in [7, 11) is 1.59. The Labute approximate surface area is 194 Å². The summed E-state index contributed by atoms with van der Waals surface area (Å²) in [5.74, 6) is 0.206. The second-order valence-corrected chi connectivity index (χ2v) is 9.61. The summed E-state index contributed by atoms with van der Waals surface area (Å²) in [6, 6.07) is 8.86. The standard InChI is InChI=1S/C22H19BrN2O4S2/c1-4-29-21(27)18-12(2)24-22-25(19(18)16-6-5-9-30-16)20(26)17(31-22)11-13-10-14(23)7-8-15(13)28-3/h5-11,19H,4H2,1-3H3/b17-11+/t19-/m1/s1. The molecule has 4 rings (SSSR count). The maximum Gasteiger partial charge on any atom is 0.338 e. The van der Waals surface area contributed by atoms with Crippen LogP contribution in [0.25, 0.3) is 6.08 Å². The molecule has 3 aromatic rings. The van der Waals surface area contributed by atoms with Gasteiger partial charge in [-0.2, -0.15) is 0 Å². The fourth-order valence-corrected chi connectivity index (χ4v) is 5.71. The van der Waals surface area contributed by atoms with Gasteiger partial charge in [-0.1, -0.05) is 33.3 Å². The van der Waals surface area contributed by atoms with Crippen LogP contribution in [-0.2, 0) is 9.53 Å². The van der Waals surface area contributed by atoms with Crippen LogP contribution in [0.4, 0.5) is 0 Å². The first-order chi connectivity index (χ1) is 14.9. The third kappa shape index (κ3) is 4.05. The average Bonchev–Trinajstić information content (AvgIpc) is 3.36. The zero-order chi connectivity index (χ0) is 22.1. The summed E-state index contributed by atoms with van der Waals surface area (Å²) >= 11 is 6.24. The van der Waals surface area contributed by atoms with Crippen molar-refractivity contribution in [3.05, 3.63) is 81.6 Å². The topological polar surface area (TPSA) is 69.9 Å². The third-order valence-electron chi connectivity index (χ3n) is 4.81. The third-order valence-corrected chi connectivity index (χ3v) is 7.21. The van der Waals surface area contributed by atoms with Crippen molar-refractivity contribution >= 4 is 50.6 Å². The number of thiazole rings is 1. The summed E-state index contributed by atoms with van der Waals surface area (Å²) in [4.78, 5) is 32.3. The molecular formula is C22H19BrN2O4S2. The number of nitrogens with zero attached hydrogens (tertiary/aromatic N) is 2. The zero-order valence-electron chi connectivity index (χ0n) is 17.0. The van der Waals surface area contributed by atoms with E-state index in [-0.39, 0.29) is 12.2 Å². The second-order valence-electron chi connectivity index (χ2n) is 6.70. The Bertz CT molecular complexity index is 1350. The lowest BCUT2D eigenvalue weighted by molar-refractivity contribution is -0.139. The molecule has 1 atom stereocenters. The molecule has 0 aliphatic carbocycles. The minimum absolute atomic E-state index is 0.210. The highest BCUT2D eigenvalue weighted by Crippen LogP contribution is 2.33. The van der Waals surface area contributed by atoms with E-state index in [1.807, 2.05) is 35.7 Å². The van der Waals surface area contributed by atoms with Gasteiger partial charge in [0.15, 0.2) is 4.80 Å². The molecule has 6 nitrogen and oxygen atoms in total. The number of hydrogen-bond donors (Lipinski definition) is 0. The van der Waals surface area contributed by atoms with Crippen LogP contribution in [0.15, 0.2) is 61.2 Å². The van der Waals surface area contributed by atoms with E-state index < -0.39 is 12.0 Å². The van der Waals surface area contributed by atoms with Gasteiger partial charge in [0.25, 0.3) is 5.56 Å². The van der Waals surface area contributed by atoms with Crippen molar-refractivity contribution < 1.29 is 14.3 Å². The van der Waals surface area contributed by atoms with Crippen molar-refractivity contribution in [2.24, 2.45) is 4.99 Å². The van der Waals surface area contributed by atoms with Gasteiger partial charge in [0, 0.05) is 14.9 Å². The monoisotopic (exact) mass is 518 g/mol. The summed E-state index contributed by atoms with van der Waals surface area (Å²) < 4.78 is 13.7. The number of allylic oxidation sites excluding steroid dienone is 1. The van der Waals surface area contributed by atoms with Crippen LogP contribution in [0.5, 0.6) is 5.75 Å². The molecule has 0 N–H and O–H groups in total. The normalized spacial score (nSPS) is 16.1. The van der Waals surface area contributed by atoms with Crippen molar-refractivity contribution in [2.75, 3.05) is 13.7 Å². The number of thiophene rings is 1. The van der Waals surface area contributed by atoms with Crippen LogP contribution in [0.3, 0.4) is 0 Å². The van der Waals surface area contributed by atoms with Gasteiger partial charge in [0.2, 0.25) is 0 Å². The molecule has 160 valence electrons. The molecule has 31 heavy (non-hydrogen) atoms. The van der Waals surface area contributed by atoms with Crippen LogP contribution < -0.4 is 19.6 Å². The maximum absolute atomic E-state index is 13.5. The minimum Gasteiger partial charge on any atom is -0.496 e. The van der Waals surface area contributed by atoms with E-state index in [2.05, 4.69) is 20.9 Å².